The first-order valence-corrected chi connectivity index (χ1v) is 14.0. The standard InChI is InChI=1S/C17H24Br2N2O5S2/c18-14-2-3-16(19)17(12-14)28(24,25)21(15-4-11-27(22,23)13-15)6-1-5-20-7-9-26-10-8-20/h2-3,12,15H,1,4-11,13H2/t15-/m0/s1. The summed E-state index contributed by atoms with van der Waals surface area (Å²) < 4.78 is 58.7. The third-order valence-electron chi connectivity index (χ3n) is 5.05. The van der Waals surface area contributed by atoms with Gasteiger partial charge >= 0.3 is 0 Å². The van der Waals surface area contributed by atoms with Gasteiger partial charge in [-0.25, -0.2) is 16.8 Å². The van der Waals surface area contributed by atoms with Crippen molar-refractivity contribution in [2.24, 2.45) is 0 Å². The van der Waals surface area contributed by atoms with Crippen molar-refractivity contribution in [2.45, 2.75) is 23.8 Å². The molecule has 2 aliphatic heterocycles. The second-order valence-electron chi connectivity index (χ2n) is 7.05. The maximum atomic E-state index is 13.4. The summed E-state index contributed by atoms with van der Waals surface area (Å²) in [6, 6.07) is 4.46. The number of sulfonamides is 1. The molecule has 0 saturated carbocycles. The highest BCUT2D eigenvalue weighted by atomic mass is 79.9. The molecule has 2 saturated heterocycles. The molecule has 28 heavy (non-hydrogen) atoms. The Morgan fingerprint density at radius 1 is 1.21 bits per heavy atom. The minimum absolute atomic E-state index is 0.0345. The maximum Gasteiger partial charge on any atom is 0.244 e. The van der Waals surface area contributed by atoms with Crippen LogP contribution in [0.4, 0.5) is 0 Å². The number of halogens is 2. The van der Waals surface area contributed by atoms with E-state index in [0.717, 1.165) is 19.6 Å². The normalized spacial score (nSPS) is 23.3. The molecule has 0 amide bonds. The van der Waals surface area contributed by atoms with E-state index in [1.54, 1.807) is 18.2 Å². The fourth-order valence-electron chi connectivity index (χ4n) is 3.58. The molecule has 2 fully saturated rings. The van der Waals surface area contributed by atoms with Crippen LogP contribution in [0.5, 0.6) is 0 Å². The molecule has 0 spiro atoms. The predicted octanol–water partition coefficient (Wildman–Crippen LogP) is 2.11. The highest BCUT2D eigenvalue weighted by molar-refractivity contribution is 9.11. The van der Waals surface area contributed by atoms with E-state index < -0.39 is 25.9 Å². The van der Waals surface area contributed by atoms with Crippen LogP contribution in [0.1, 0.15) is 12.8 Å². The van der Waals surface area contributed by atoms with Gasteiger partial charge in [-0.15, -0.1) is 0 Å². The van der Waals surface area contributed by atoms with Crippen LogP contribution in [-0.2, 0) is 24.6 Å². The Morgan fingerprint density at radius 2 is 1.93 bits per heavy atom. The van der Waals surface area contributed by atoms with Crippen molar-refractivity contribution in [3.8, 4) is 0 Å². The Bertz CT molecular complexity index is 902. The molecule has 1 atom stereocenters. The molecule has 0 radical (unpaired) electrons. The summed E-state index contributed by atoms with van der Waals surface area (Å²) in [5.74, 6) is -0.0811. The third-order valence-corrected chi connectivity index (χ3v) is 10.2. The summed E-state index contributed by atoms with van der Waals surface area (Å²) in [6.45, 7) is 4.10. The molecule has 3 rings (SSSR count). The van der Waals surface area contributed by atoms with E-state index in [-0.39, 0.29) is 16.4 Å². The van der Waals surface area contributed by atoms with Crippen molar-refractivity contribution >= 4 is 51.7 Å². The number of benzene rings is 1. The number of sulfone groups is 1. The van der Waals surface area contributed by atoms with Crippen LogP contribution in [0.25, 0.3) is 0 Å². The van der Waals surface area contributed by atoms with Crippen molar-refractivity contribution in [1.82, 2.24) is 9.21 Å². The largest absolute Gasteiger partial charge is 0.379 e. The molecule has 158 valence electrons. The van der Waals surface area contributed by atoms with E-state index >= 15 is 0 Å². The molecule has 0 N–H and O–H groups in total. The van der Waals surface area contributed by atoms with Crippen LogP contribution < -0.4 is 0 Å². The van der Waals surface area contributed by atoms with E-state index in [1.165, 1.54) is 4.31 Å². The smallest absolute Gasteiger partial charge is 0.244 e. The number of morpholine rings is 1. The van der Waals surface area contributed by atoms with E-state index in [1.807, 2.05) is 0 Å². The lowest BCUT2D eigenvalue weighted by molar-refractivity contribution is 0.0367. The molecule has 0 bridgehead atoms. The quantitative estimate of drug-likeness (QED) is 0.509. The molecular formula is C17H24Br2N2O5S2. The van der Waals surface area contributed by atoms with Gasteiger partial charge in [0.1, 0.15) is 0 Å². The summed E-state index contributed by atoms with van der Waals surface area (Å²) in [5, 5.41) is 0. The molecule has 7 nitrogen and oxygen atoms in total. The Kier molecular flexibility index (Phi) is 7.60. The van der Waals surface area contributed by atoms with E-state index in [0.29, 0.717) is 41.5 Å². The van der Waals surface area contributed by atoms with Gasteiger partial charge in [-0.3, -0.25) is 4.90 Å². The molecule has 1 aromatic carbocycles. The minimum atomic E-state index is -3.84. The average Bonchev–Trinajstić information content (AvgIpc) is 3.00. The van der Waals surface area contributed by atoms with Crippen LogP contribution in [0.2, 0.25) is 0 Å². The highest BCUT2D eigenvalue weighted by Crippen LogP contribution is 2.31. The number of hydrogen-bond donors (Lipinski definition) is 0. The highest BCUT2D eigenvalue weighted by Gasteiger charge is 2.39. The number of nitrogens with zero attached hydrogens (tertiary/aromatic N) is 2. The summed E-state index contributed by atoms with van der Waals surface area (Å²) >= 11 is 6.66. The summed E-state index contributed by atoms with van der Waals surface area (Å²) in [4.78, 5) is 2.40. The van der Waals surface area contributed by atoms with Crippen molar-refractivity contribution in [3.63, 3.8) is 0 Å². The van der Waals surface area contributed by atoms with Gasteiger partial charge in [0.05, 0.1) is 29.6 Å². The van der Waals surface area contributed by atoms with Gasteiger partial charge in [0.2, 0.25) is 10.0 Å². The lowest BCUT2D eigenvalue weighted by Crippen LogP contribution is -2.43. The number of ether oxygens (including phenoxy) is 1. The lowest BCUT2D eigenvalue weighted by atomic mass is 10.2. The Balaban J connectivity index is 1.81. The summed E-state index contributed by atoms with van der Waals surface area (Å²) in [6.07, 6.45) is 0.978. The fraction of sp³-hybridized carbons (Fsp3) is 0.647. The lowest BCUT2D eigenvalue weighted by Gasteiger charge is -2.30. The molecule has 1 aromatic rings. The number of rotatable bonds is 7. The molecule has 0 unspecified atom stereocenters. The predicted molar refractivity (Wildman–Crippen MR) is 115 cm³/mol. The van der Waals surface area contributed by atoms with Crippen molar-refractivity contribution in [3.05, 3.63) is 27.1 Å². The molecular weight excluding hydrogens is 536 g/mol. The Morgan fingerprint density at radius 3 is 2.57 bits per heavy atom. The molecule has 0 aliphatic carbocycles. The maximum absolute atomic E-state index is 13.4. The van der Waals surface area contributed by atoms with Gasteiger partial charge in [0, 0.05) is 34.6 Å². The van der Waals surface area contributed by atoms with E-state index in [4.69, 9.17) is 4.74 Å². The van der Waals surface area contributed by atoms with Crippen molar-refractivity contribution in [1.29, 1.82) is 0 Å². The van der Waals surface area contributed by atoms with Crippen LogP contribution >= 0.6 is 31.9 Å². The Hall–Kier alpha value is -0.0400. The zero-order valence-corrected chi connectivity index (χ0v) is 20.2. The van der Waals surface area contributed by atoms with Gasteiger partial charge in [0.15, 0.2) is 9.84 Å². The first-order chi connectivity index (χ1) is 13.2. The zero-order chi connectivity index (χ0) is 20.4. The monoisotopic (exact) mass is 558 g/mol. The van der Waals surface area contributed by atoms with Crippen molar-refractivity contribution in [2.75, 3.05) is 50.9 Å². The van der Waals surface area contributed by atoms with Gasteiger partial charge in [-0.2, -0.15) is 4.31 Å². The second-order valence-corrected chi connectivity index (χ2v) is 12.9. The molecule has 0 aromatic heterocycles. The summed E-state index contributed by atoms with van der Waals surface area (Å²) in [7, 11) is -7.04. The van der Waals surface area contributed by atoms with Crippen LogP contribution in [-0.4, -0.2) is 83.0 Å². The SMILES string of the molecule is O=S1(=O)CC[C@H](N(CCCN2CCOCC2)S(=O)(=O)c2cc(Br)ccc2Br)C1. The second kappa shape index (κ2) is 9.40. The van der Waals surface area contributed by atoms with Crippen molar-refractivity contribution < 1.29 is 21.6 Å². The minimum Gasteiger partial charge on any atom is -0.379 e. The van der Waals surface area contributed by atoms with Gasteiger partial charge in [-0.1, -0.05) is 15.9 Å². The molecule has 11 heteroatoms. The third kappa shape index (κ3) is 5.55. The summed E-state index contributed by atoms with van der Waals surface area (Å²) in [5.41, 5.74) is 0. The zero-order valence-electron chi connectivity index (χ0n) is 15.4. The van der Waals surface area contributed by atoms with Gasteiger partial charge in [0.25, 0.3) is 0 Å². The van der Waals surface area contributed by atoms with E-state index in [9.17, 15) is 16.8 Å². The molecule has 2 heterocycles. The topological polar surface area (TPSA) is 84.0 Å². The van der Waals surface area contributed by atoms with Gasteiger partial charge < -0.3 is 4.74 Å². The fourth-order valence-corrected chi connectivity index (χ4v) is 8.56. The van der Waals surface area contributed by atoms with Crippen LogP contribution in [0, 0.1) is 0 Å². The Labute approximate surface area is 183 Å². The van der Waals surface area contributed by atoms with E-state index in [2.05, 4.69) is 36.8 Å². The average molecular weight is 560 g/mol. The van der Waals surface area contributed by atoms with Gasteiger partial charge in [-0.05, 0) is 53.5 Å². The number of hydrogen-bond acceptors (Lipinski definition) is 6. The van der Waals surface area contributed by atoms with Crippen LogP contribution in [0.15, 0.2) is 32.0 Å². The first-order valence-electron chi connectivity index (χ1n) is 9.16. The first kappa shape index (κ1) is 22.6. The van der Waals surface area contributed by atoms with Crippen LogP contribution in [0.3, 0.4) is 0 Å². The molecule has 2 aliphatic rings.